The molecule has 4 nitrogen and oxygen atoms in total. The second-order valence-corrected chi connectivity index (χ2v) is 7.81. The van der Waals surface area contributed by atoms with Crippen molar-refractivity contribution in [2.45, 2.75) is 38.5 Å². The molecular formula is C16H19N3OS. The van der Waals surface area contributed by atoms with Crippen molar-refractivity contribution in [2.75, 3.05) is 17.6 Å². The number of carbonyl (C=O) groups excluding carboxylic acids is 1. The molecule has 5 heteroatoms. The van der Waals surface area contributed by atoms with Gasteiger partial charge in [-0.3, -0.25) is 4.79 Å². The van der Waals surface area contributed by atoms with Crippen LogP contribution in [-0.2, 0) is 0 Å². The first kappa shape index (κ1) is 13.1. The van der Waals surface area contributed by atoms with Crippen molar-refractivity contribution in [3.8, 4) is 6.07 Å². The minimum Gasteiger partial charge on any atom is -0.396 e. The molecule has 1 aromatic rings. The molecule has 0 aliphatic heterocycles. The normalized spacial score (nSPS) is 22.6. The summed E-state index contributed by atoms with van der Waals surface area (Å²) in [6, 6.07) is 2.17. The van der Waals surface area contributed by atoms with E-state index in [1.165, 1.54) is 37.0 Å². The smallest absolute Gasteiger partial charge is 0.178 e. The first-order chi connectivity index (χ1) is 10.1. The predicted molar refractivity (Wildman–Crippen MR) is 83.4 cm³/mol. The average molecular weight is 301 g/mol. The molecule has 21 heavy (non-hydrogen) atoms. The lowest BCUT2D eigenvalue weighted by Crippen LogP contribution is -2.17. The van der Waals surface area contributed by atoms with Crippen molar-refractivity contribution >= 4 is 27.8 Å². The maximum Gasteiger partial charge on any atom is 0.178 e. The molecule has 3 saturated carbocycles. The zero-order valence-corrected chi connectivity index (χ0v) is 12.8. The molecule has 0 bridgehead atoms. The predicted octanol–water partition coefficient (Wildman–Crippen LogP) is 3.40. The standard InChI is InChI=1S/C16H19N3OS/c17-7-11-12(18)14(13(20)9-1-2-9)21-15(11)19-8-16(5-6-16)10-3-4-10/h9-10,19H,1-6,8,18H2. The number of nitrogen functional groups attached to an aromatic ring is 1. The third-order valence-corrected chi connectivity index (χ3v) is 6.34. The quantitative estimate of drug-likeness (QED) is 0.789. The van der Waals surface area contributed by atoms with Gasteiger partial charge in [-0.15, -0.1) is 11.3 Å². The summed E-state index contributed by atoms with van der Waals surface area (Å²) >= 11 is 1.38. The fraction of sp³-hybridized carbons (Fsp3) is 0.625. The number of nitrogens with zero attached hydrogens (tertiary/aromatic N) is 1. The lowest BCUT2D eigenvalue weighted by Gasteiger charge is -2.15. The van der Waals surface area contributed by atoms with Crippen molar-refractivity contribution in [3.63, 3.8) is 0 Å². The number of nitriles is 1. The molecular weight excluding hydrogens is 282 g/mol. The van der Waals surface area contributed by atoms with Crippen LogP contribution in [-0.4, -0.2) is 12.3 Å². The van der Waals surface area contributed by atoms with Crippen LogP contribution in [0.15, 0.2) is 0 Å². The number of hydrogen-bond donors (Lipinski definition) is 2. The molecule has 3 fully saturated rings. The van der Waals surface area contributed by atoms with Gasteiger partial charge < -0.3 is 11.1 Å². The van der Waals surface area contributed by atoms with Crippen LogP contribution >= 0.6 is 11.3 Å². The van der Waals surface area contributed by atoms with Gasteiger partial charge in [-0.1, -0.05) is 0 Å². The lowest BCUT2D eigenvalue weighted by atomic mass is 10.0. The summed E-state index contributed by atoms with van der Waals surface area (Å²) in [5.41, 5.74) is 7.36. The molecule has 0 aromatic carbocycles. The fourth-order valence-corrected chi connectivity index (χ4v) is 4.32. The highest BCUT2D eigenvalue weighted by atomic mass is 32.1. The molecule has 0 saturated heterocycles. The van der Waals surface area contributed by atoms with Gasteiger partial charge in [-0.25, -0.2) is 0 Å². The van der Waals surface area contributed by atoms with Gasteiger partial charge in [-0.05, 0) is 49.9 Å². The Kier molecular flexibility index (Phi) is 2.80. The molecule has 0 unspecified atom stereocenters. The average Bonchev–Trinajstić information content (AvgIpc) is 3.35. The second-order valence-electron chi connectivity index (χ2n) is 6.79. The molecule has 0 radical (unpaired) electrons. The van der Waals surface area contributed by atoms with Gasteiger partial charge in [-0.2, -0.15) is 5.26 Å². The zero-order valence-electron chi connectivity index (χ0n) is 11.9. The minimum atomic E-state index is 0.130. The summed E-state index contributed by atoms with van der Waals surface area (Å²) in [5.74, 6) is 1.15. The van der Waals surface area contributed by atoms with E-state index < -0.39 is 0 Å². The number of nitrogens with one attached hydrogen (secondary N) is 1. The second kappa shape index (κ2) is 4.48. The third kappa shape index (κ3) is 2.22. The topological polar surface area (TPSA) is 78.9 Å². The Labute approximate surface area is 128 Å². The molecule has 0 atom stereocenters. The van der Waals surface area contributed by atoms with Crippen molar-refractivity contribution in [2.24, 2.45) is 17.3 Å². The highest BCUT2D eigenvalue weighted by Gasteiger charge is 2.53. The molecule has 0 spiro atoms. The first-order valence-corrected chi connectivity index (χ1v) is 8.57. The maximum atomic E-state index is 12.2. The summed E-state index contributed by atoms with van der Waals surface area (Å²) in [6.07, 6.45) is 7.22. The van der Waals surface area contributed by atoms with E-state index in [0.717, 1.165) is 30.3 Å². The van der Waals surface area contributed by atoms with Crippen molar-refractivity contribution in [3.05, 3.63) is 10.4 Å². The summed E-state index contributed by atoms with van der Waals surface area (Å²) in [6.45, 7) is 0.920. The van der Waals surface area contributed by atoms with Crippen molar-refractivity contribution in [1.29, 1.82) is 5.26 Å². The van der Waals surface area contributed by atoms with E-state index in [1.807, 2.05) is 0 Å². The number of hydrogen-bond acceptors (Lipinski definition) is 5. The Balaban J connectivity index is 1.55. The molecule has 1 aromatic heterocycles. The molecule has 4 rings (SSSR count). The Morgan fingerprint density at radius 3 is 2.62 bits per heavy atom. The first-order valence-electron chi connectivity index (χ1n) is 7.75. The highest BCUT2D eigenvalue weighted by Crippen LogP contribution is 2.61. The van der Waals surface area contributed by atoms with Crippen LogP contribution in [0.2, 0.25) is 0 Å². The fourth-order valence-electron chi connectivity index (χ4n) is 3.24. The summed E-state index contributed by atoms with van der Waals surface area (Å²) in [5, 5.41) is 13.6. The van der Waals surface area contributed by atoms with E-state index in [2.05, 4.69) is 11.4 Å². The van der Waals surface area contributed by atoms with Crippen LogP contribution in [0, 0.1) is 28.6 Å². The molecule has 0 amide bonds. The van der Waals surface area contributed by atoms with Crippen LogP contribution < -0.4 is 11.1 Å². The third-order valence-electron chi connectivity index (χ3n) is 5.17. The molecule has 110 valence electrons. The highest BCUT2D eigenvalue weighted by molar-refractivity contribution is 7.19. The number of ketones is 1. The van der Waals surface area contributed by atoms with Crippen molar-refractivity contribution in [1.82, 2.24) is 0 Å². The minimum absolute atomic E-state index is 0.130. The van der Waals surface area contributed by atoms with Crippen LogP contribution in [0.25, 0.3) is 0 Å². The largest absolute Gasteiger partial charge is 0.396 e. The summed E-state index contributed by atoms with van der Waals surface area (Å²) in [4.78, 5) is 12.8. The number of nitrogens with two attached hydrogens (primary N) is 1. The van der Waals surface area contributed by atoms with Gasteiger partial charge in [0.2, 0.25) is 0 Å². The van der Waals surface area contributed by atoms with Crippen LogP contribution in [0.4, 0.5) is 10.7 Å². The summed E-state index contributed by atoms with van der Waals surface area (Å²) in [7, 11) is 0. The Bertz CT molecular complexity index is 645. The number of Topliss-reactive ketones (excluding diaryl/α,β-unsaturated/α-hetero) is 1. The molecule has 3 aliphatic carbocycles. The van der Waals surface area contributed by atoms with E-state index >= 15 is 0 Å². The van der Waals surface area contributed by atoms with Gasteiger partial charge in [0.15, 0.2) is 5.78 Å². The monoisotopic (exact) mass is 301 g/mol. The van der Waals surface area contributed by atoms with E-state index in [4.69, 9.17) is 5.73 Å². The van der Waals surface area contributed by atoms with Crippen LogP contribution in [0.5, 0.6) is 0 Å². The van der Waals surface area contributed by atoms with Gasteiger partial charge in [0, 0.05) is 12.5 Å². The van der Waals surface area contributed by atoms with Gasteiger partial charge in [0.05, 0.1) is 10.6 Å². The molecule has 3 aliphatic rings. The van der Waals surface area contributed by atoms with Gasteiger partial charge in [0.25, 0.3) is 0 Å². The Morgan fingerprint density at radius 1 is 1.38 bits per heavy atom. The van der Waals surface area contributed by atoms with Crippen molar-refractivity contribution < 1.29 is 4.79 Å². The Hall–Kier alpha value is -1.54. The summed E-state index contributed by atoms with van der Waals surface area (Å²) < 4.78 is 0. The van der Waals surface area contributed by atoms with Crippen LogP contribution in [0.3, 0.4) is 0 Å². The SMILES string of the molecule is N#Cc1c(NCC2(C3CC3)CC2)sc(C(=O)C2CC2)c1N. The Morgan fingerprint density at radius 2 is 2.10 bits per heavy atom. The van der Waals surface area contributed by atoms with Gasteiger partial charge in [0.1, 0.15) is 16.6 Å². The number of anilines is 2. The maximum absolute atomic E-state index is 12.2. The van der Waals surface area contributed by atoms with E-state index in [1.54, 1.807) is 0 Å². The van der Waals surface area contributed by atoms with E-state index in [-0.39, 0.29) is 11.7 Å². The number of thiophene rings is 1. The van der Waals surface area contributed by atoms with E-state index in [0.29, 0.717) is 21.5 Å². The van der Waals surface area contributed by atoms with E-state index in [9.17, 15) is 10.1 Å². The zero-order chi connectivity index (χ0) is 14.6. The molecule has 1 heterocycles. The lowest BCUT2D eigenvalue weighted by molar-refractivity contribution is 0.0972. The number of carbonyl (C=O) groups is 1. The van der Waals surface area contributed by atoms with Gasteiger partial charge >= 0.3 is 0 Å². The van der Waals surface area contributed by atoms with Crippen LogP contribution in [0.1, 0.15) is 53.8 Å². The molecule has 3 N–H and O–H groups in total. The number of rotatable bonds is 6.